The summed E-state index contributed by atoms with van der Waals surface area (Å²) < 4.78 is 13.0. The fourth-order valence-electron chi connectivity index (χ4n) is 1.51. The molecule has 0 bridgehead atoms. The van der Waals surface area contributed by atoms with Crippen molar-refractivity contribution < 1.29 is 9.18 Å². The van der Waals surface area contributed by atoms with Crippen LogP contribution < -0.4 is 5.73 Å². The number of rotatable bonds is 1. The van der Waals surface area contributed by atoms with E-state index < -0.39 is 5.91 Å². The highest BCUT2D eigenvalue weighted by Crippen LogP contribution is 2.17. The van der Waals surface area contributed by atoms with E-state index in [2.05, 4.69) is 4.98 Å². The minimum atomic E-state index is -0.436. The SMILES string of the molecule is CN(C(=N)N)C(=O)c1cc2cc(F)ccc2[nH]1. The largest absolute Gasteiger partial charge is 0.370 e. The quantitative estimate of drug-likeness (QED) is 0.512. The van der Waals surface area contributed by atoms with Gasteiger partial charge in [-0.05, 0) is 24.3 Å². The second-order valence-corrected chi connectivity index (χ2v) is 3.66. The Morgan fingerprint density at radius 1 is 1.47 bits per heavy atom. The summed E-state index contributed by atoms with van der Waals surface area (Å²) in [4.78, 5) is 15.7. The zero-order chi connectivity index (χ0) is 12.6. The van der Waals surface area contributed by atoms with Crippen LogP contribution in [0.5, 0.6) is 0 Å². The molecule has 2 rings (SSSR count). The van der Waals surface area contributed by atoms with E-state index in [1.807, 2.05) is 0 Å². The summed E-state index contributed by atoms with van der Waals surface area (Å²) in [5, 5.41) is 7.76. The summed E-state index contributed by atoms with van der Waals surface area (Å²) in [6, 6.07) is 5.72. The molecule has 0 atom stereocenters. The molecule has 5 nitrogen and oxygen atoms in total. The van der Waals surface area contributed by atoms with Gasteiger partial charge in [0.25, 0.3) is 5.91 Å². The van der Waals surface area contributed by atoms with Gasteiger partial charge in [0.2, 0.25) is 0 Å². The maximum absolute atomic E-state index is 13.0. The molecule has 0 aliphatic heterocycles. The number of halogens is 1. The zero-order valence-corrected chi connectivity index (χ0v) is 9.12. The van der Waals surface area contributed by atoms with Crippen molar-refractivity contribution in [1.82, 2.24) is 9.88 Å². The fourth-order valence-corrected chi connectivity index (χ4v) is 1.51. The van der Waals surface area contributed by atoms with Crippen LogP contribution in [0.2, 0.25) is 0 Å². The lowest BCUT2D eigenvalue weighted by molar-refractivity contribution is 0.0864. The van der Waals surface area contributed by atoms with E-state index in [9.17, 15) is 9.18 Å². The first kappa shape index (κ1) is 11.1. The molecule has 0 aliphatic carbocycles. The molecule has 2 aromatic rings. The lowest BCUT2D eigenvalue weighted by Crippen LogP contribution is -2.38. The summed E-state index contributed by atoms with van der Waals surface area (Å²) in [5.41, 5.74) is 6.13. The fraction of sp³-hybridized carbons (Fsp3) is 0.0909. The Hall–Kier alpha value is -2.37. The van der Waals surface area contributed by atoms with Crippen LogP contribution in [0.3, 0.4) is 0 Å². The third kappa shape index (κ3) is 1.96. The Morgan fingerprint density at radius 3 is 2.82 bits per heavy atom. The van der Waals surface area contributed by atoms with Gasteiger partial charge in [-0.2, -0.15) is 0 Å². The summed E-state index contributed by atoms with van der Waals surface area (Å²) in [7, 11) is 1.40. The molecule has 1 aromatic carbocycles. The smallest absolute Gasteiger partial charge is 0.276 e. The van der Waals surface area contributed by atoms with Gasteiger partial charge in [-0.1, -0.05) is 0 Å². The van der Waals surface area contributed by atoms with Gasteiger partial charge in [-0.15, -0.1) is 0 Å². The molecule has 88 valence electrons. The van der Waals surface area contributed by atoms with Crippen LogP contribution in [0.15, 0.2) is 24.3 Å². The maximum atomic E-state index is 13.0. The zero-order valence-electron chi connectivity index (χ0n) is 9.12. The molecule has 1 amide bonds. The number of nitrogens with two attached hydrogens (primary N) is 1. The number of aromatic nitrogens is 1. The summed E-state index contributed by atoms with van der Waals surface area (Å²) in [6.07, 6.45) is 0. The van der Waals surface area contributed by atoms with Crippen LogP contribution in [0.4, 0.5) is 4.39 Å². The van der Waals surface area contributed by atoms with Crippen LogP contribution in [-0.4, -0.2) is 28.8 Å². The van der Waals surface area contributed by atoms with Crippen molar-refractivity contribution in [3.05, 3.63) is 35.8 Å². The number of carbonyl (C=O) groups excluding carboxylic acids is 1. The highest BCUT2D eigenvalue weighted by Gasteiger charge is 2.16. The van der Waals surface area contributed by atoms with Crippen molar-refractivity contribution in [1.29, 1.82) is 5.41 Å². The molecular formula is C11H11FN4O. The van der Waals surface area contributed by atoms with Gasteiger partial charge >= 0.3 is 0 Å². The van der Waals surface area contributed by atoms with Gasteiger partial charge in [-0.25, -0.2) is 4.39 Å². The number of nitrogens with zero attached hydrogens (tertiary/aromatic N) is 1. The first-order valence-corrected chi connectivity index (χ1v) is 4.89. The number of carbonyl (C=O) groups is 1. The molecule has 6 heteroatoms. The number of hydrogen-bond donors (Lipinski definition) is 3. The van der Waals surface area contributed by atoms with Gasteiger partial charge in [0.05, 0.1) is 0 Å². The number of fused-ring (bicyclic) bond motifs is 1. The minimum absolute atomic E-state index is 0.267. The molecule has 0 radical (unpaired) electrons. The van der Waals surface area contributed by atoms with Crippen LogP contribution in [0, 0.1) is 11.2 Å². The van der Waals surface area contributed by atoms with E-state index in [0.717, 1.165) is 4.90 Å². The normalized spacial score (nSPS) is 10.5. The number of hydrogen-bond acceptors (Lipinski definition) is 2. The van der Waals surface area contributed by atoms with E-state index in [1.165, 1.54) is 25.2 Å². The van der Waals surface area contributed by atoms with Crippen molar-refractivity contribution in [2.75, 3.05) is 7.05 Å². The predicted molar refractivity (Wildman–Crippen MR) is 62.3 cm³/mol. The number of benzene rings is 1. The predicted octanol–water partition coefficient (Wildman–Crippen LogP) is 1.27. The average Bonchev–Trinajstić information content (AvgIpc) is 2.69. The highest BCUT2D eigenvalue weighted by atomic mass is 19.1. The van der Waals surface area contributed by atoms with Gasteiger partial charge in [0.15, 0.2) is 5.96 Å². The summed E-state index contributed by atoms with van der Waals surface area (Å²) in [6.45, 7) is 0. The molecule has 17 heavy (non-hydrogen) atoms. The van der Waals surface area contributed by atoms with Crippen molar-refractivity contribution in [3.63, 3.8) is 0 Å². The van der Waals surface area contributed by atoms with Crippen molar-refractivity contribution in [2.45, 2.75) is 0 Å². The van der Waals surface area contributed by atoms with Crippen LogP contribution in [0.1, 0.15) is 10.5 Å². The minimum Gasteiger partial charge on any atom is -0.370 e. The Balaban J connectivity index is 2.43. The Morgan fingerprint density at radius 2 is 2.18 bits per heavy atom. The number of aromatic amines is 1. The van der Waals surface area contributed by atoms with Crippen molar-refractivity contribution in [2.24, 2.45) is 5.73 Å². The number of guanidine groups is 1. The molecule has 0 spiro atoms. The van der Waals surface area contributed by atoms with Gasteiger partial charge in [0, 0.05) is 18.0 Å². The third-order valence-corrected chi connectivity index (χ3v) is 2.48. The molecule has 0 saturated heterocycles. The van der Waals surface area contributed by atoms with Crippen LogP contribution in [-0.2, 0) is 0 Å². The van der Waals surface area contributed by atoms with Gasteiger partial charge < -0.3 is 10.7 Å². The van der Waals surface area contributed by atoms with Crippen LogP contribution in [0.25, 0.3) is 10.9 Å². The monoisotopic (exact) mass is 234 g/mol. The number of nitrogens with one attached hydrogen (secondary N) is 2. The molecule has 0 fully saturated rings. The number of H-pyrrole nitrogens is 1. The molecule has 1 aromatic heterocycles. The number of amides is 1. The molecule has 1 heterocycles. The maximum Gasteiger partial charge on any atom is 0.276 e. The third-order valence-electron chi connectivity index (χ3n) is 2.48. The van der Waals surface area contributed by atoms with Gasteiger partial charge in [0.1, 0.15) is 11.5 Å². The second kappa shape index (κ2) is 3.89. The van der Waals surface area contributed by atoms with E-state index in [1.54, 1.807) is 6.07 Å². The van der Waals surface area contributed by atoms with E-state index in [4.69, 9.17) is 11.1 Å². The molecular weight excluding hydrogens is 223 g/mol. The topological polar surface area (TPSA) is 86.0 Å². The van der Waals surface area contributed by atoms with E-state index >= 15 is 0 Å². The first-order valence-electron chi connectivity index (χ1n) is 4.89. The lowest BCUT2D eigenvalue weighted by Gasteiger charge is -2.12. The Kier molecular flexibility index (Phi) is 2.55. The van der Waals surface area contributed by atoms with E-state index in [-0.39, 0.29) is 17.5 Å². The van der Waals surface area contributed by atoms with Crippen molar-refractivity contribution >= 4 is 22.8 Å². The molecule has 4 N–H and O–H groups in total. The molecule has 0 unspecified atom stereocenters. The Bertz CT molecular complexity index is 605. The summed E-state index contributed by atoms with van der Waals surface area (Å²) >= 11 is 0. The molecule has 0 aliphatic rings. The first-order chi connectivity index (χ1) is 7.99. The molecule has 0 saturated carbocycles. The highest BCUT2D eigenvalue weighted by molar-refractivity contribution is 6.05. The van der Waals surface area contributed by atoms with Crippen LogP contribution >= 0.6 is 0 Å². The Labute approximate surface area is 96.5 Å². The lowest BCUT2D eigenvalue weighted by atomic mass is 10.2. The van der Waals surface area contributed by atoms with Gasteiger partial charge in [-0.3, -0.25) is 15.1 Å². The van der Waals surface area contributed by atoms with Crippen molar-refractivity contribution in [3.8, 4) is 0 Å². The van der Waals surface area contributed by atoms with E-state index in [0.29, 0.717) is 10.9 Å². The standard InChI is InChI=1S/C11H11FN4O/c1-16(11(13)14)10(17)9-5-6-4-7(12)2-3-8(6)15-9/h2-5,15H,1H3,(H3,13,14). The second-order valence-electron chi connectivity index (χ2n) is 3.66. The average molecular weight is 234 g/mol. The summed E-state index contributed by atoms with van der Waals surface area (Å²) in [5.74, 6) is -1.15.